The molecule has 3 rings (SSSR count). The summed E-state index contributed by atoms with van der Waals surface area (Å²) in [5.41, 5.74) is 2.09. The molecule has 1 atom stereocenters. The molecule has 2 amide bonds. The lowest BCUT2D eigenvalue weighted by atomic mass is 9.97. The molecule has 0 bridgehead atoms. The Bertz CT molecular complexity index is 978. The number of para-hydroxylation sites is 1. The number of halogens is 2. The third-order valence-electron chi connectivity index (χ3n) is 5.75. The highest BCUT2D eigenvalue weighted by Crippen LogP contribution is 2.23. The molecule has 0 aromatic heterocycles. The zero-order valence-corrected chi connectivity index (χ0v) is 19.6. The molecular formula is C26H30ClFN2O3. The first-order valence-electron chi connectivity index (χ1n) is 11.3. The summed E-state index contributed by atoms with van der Waals surface area (Å²) < 4.78 is 18.9. The van der Waals surface area contributed by atoms with E-state index in [1.807, 2.05) is 0 Å². The van der Waals surface area contributed by atoms with Gasteiger partial charge in [-0.05, 0) is 68.9 Å². The SMILES string of the molecule is C[C@H](C(=O)NCCC1=CCCCC1)N(Cc1ccc(F)cc1)C(=O)COc1ccccc1Cl. The number of nitrogens with zero attached hydrogens (tertiary/aromatic N) is 1. The van der Waals surface area contributed by atoms with Crippen LogP contribution in [0.25, 0.3) is 0 Å². The average molecular weight is 473 g/mol. The zero-order chi connectivity index (χ0) is 23.6. The van der Waals surface area contributed by atoms with Crippen LogP contribution in [0, 0.1) is 5.82 Å². The van der Waals surface area contributed by atoms with E-state index in [0.29, 0.717) is 17.3 Å². The molecule has 1 N–H and O–H groups in total. The van der Waals surface area contributed by atoms with Crippen molar-refractivity contribution in [3.63, 3.8) is 0 Å². The molecule has 7 heteroatoms. The standard InChI is InChI=1S/C26H30ClFN2O3/c1-19(26(32)29-16-15-20-7-3-2-4-8-20)30(17-21-11-13-22(28)14-12-21)25(31)18-33-24-10-6-5-9-23(24)27/h5-7,9-14,19H,2-4,8,15-18H2,1H3,(H,29,32)/t19-/m1/s1. The first kappa shape index (κ1) is 24.8. The van der Waals surface area contributed by atoms with Gasteiger partial charge in [-0.25, -0.2) is 4.39 Å². The lowest BCUT2D eigenvalue weighted by Crippen LogP contribution is -2.49. The molecule has 2 aromatic carbocycles. The van der Waals surface area contributed by atoms with Gasteiger partial charge in [0.15, 0.2) is 6.61 Å². The minimum Gasteiger partial charge on any atom is -0.482 e. The van der Waals surface area contributed by atoms with Crippen LogP contribution in [0.4, 0.5) is 4.39 Å². The van der Waals surface area contributed by atoms with Crippen molar-refractivity contribution in [1.82, 2.24) is 10.2 Å². The minimum absolute atomic E-state index is 0.157. The Morgan fingerprint density at radius 3 is 2.61 bits per heavy atom. The Labute approximate surface area is 199 Å². The Hall–Kier alpha value is -2.86. The summed E-state index contributed by atoms with van der Waals surface area (Å²) >= 11 is 6.11. The van der Waals surface area contributed by atoms with E-state index in [1.54, 1.807) is 43.3 Å². The number of rotatable bonds is 10. The van der Waals surface area contributed by atoms with Crippen LogP contribution in [0.3, 0.4) is 0 Å². The maximum Gasteiger partial charge on any atom is 0.261 e. The van der Waals surface area contributed by atoms with Gasteiger partial charge in [-0.15, -0.1) is 0 Å². The fourth-order valence-electron chi connectivity index (χ4n) is 3.78. The number of hydrogen-bond donors (Lipinski definition) is 1. The van der Waals surface area contributed by atoms with E-state index < -0.39 is 6.04 Å². The normalized spacial score (nSPS) is 14.2. The third kappa shape index (κ3) is 7.60. The topological polar surface area (TPSA) is 58.6 Å². The average Bonchev–Trinajstić information content (AvgIpc) is 2.83. The van der Waals surface area contributed by atoms with E-state index in [0.717, 1.165) is 24.8 Å². The highest BCUT2D eigenvalue weighted by atomic mass is 35.5. The summed E-state index contributed by atoms with van der Waals surface area (Å²) in [4.78, 5) is 27.4. The van der Waals surface area contributed by atoms with Crippen LogP contribution in [0.5, 0.6) is 5.75 Å². The summed E-state index contributed by atoms with van der Waals surface area (Å²) in [5, 5.41) is 3.35. The van der Waals surface area contributed by atoms with Gasteiger partial charge in [0.05, 0.1) is 5.02 Å². The molecule has 1 aliphatic carbocycles. The fourth-order valence-corrected chi connectivity index (χ4v) is 3.97. The van der Waals surface area contributed by atoms with Crippen molar-refractivity contribution in [2.24, 2.45) is 0 Å². The van der Waals surface area contributed by atoms with Crippen molar-refractivity contribution in [2.45, 2.75) is 51.6 Å². The van der Waals surface area contributed by atoms with E-state index in [4.69, 9.17) is 16.3 Å². The van der Waals surface area contributed by atoms with Gasteiger partial charge in [0.2, 0.25) is 5.91 Å². The number of ether oxygens (including phenoxy) is 1. The number of benzene rings is 2. The lowest BCUT2D eigenvalue weighted by molar-refractivity contribution is -0.142. The van der Waals surface area contributed by atoms with Gasteiger partial charge in [0.25, 0.3) is 5.91 Å². The molecule has 33 heavy (non-hydrogen) atoms. The highest BCUT2D eigenvalue weighted by molar-refractivity contribution is 6.32. The van der Waals surface area contributed by atoms with Crippen LogP contribution >= 0.6 is 11.6 Å². The van der Waals surface area contributed by atoms with Gasteiger partial charge in [-0.3, -0.25) is 9.59 Å². The van der Waals surface area contributed by atoms with Gasteiger partial charge >= 0.3 is 0 Å². The van der Waals surface area contributed by atoms with Crippen molar-refractivity contribution in [3.8, 4) is 5.75 Å². The summed E-state index contributed by atoms with van der Waals surface area (Å²) in [6.07, 6.45) is 7.69. The first-order chi connectivity index (χ1) is 15.9. The molecule has 0 saturated carbocycles. The molecule has 0 heterocycles. The Balaban J connectivity index is 1.64. The van der Waals surface area contributed by atoms with E-state index in [1.165, 1.54) is 35.4 Å². The van der Waals surface area contributed by atoms with Crippen LogP contribution in [-0.2, 0) is 16.1 Å². The minimum atomic E-state index is -0.724. The second-order valence-electron chi connectivity index (χ2n) is 8.19. The first-order valence-corrected chi connectivity index (χ1v) is 11.7. The number of amides is 2. The van der Waals surface area contributed by atoms with Crippen molar-refractivity contribution in [2.75, 3.05) is 13.2 Å². The van der Waals surface area contributed by atoms with Gasteiger partial charge in [0.1, 0.15) is 17.6 Å². The second-order valence-corrected chi connectivity index (χ2v) is 8.60. The molecule has 0 saturated heterocycles. The van der Waals surface area contributed by atoms with Gasteiger partial charge in [0, 0.05) is 13.1 Å². The Morgan fingerprint density at radius 1 is 1.15 bits per heavy atom. The van der Waals surface area contributed by atoms with Crippen LogP contribution in [0.15, 0.2) is 60.2 Å². The number of allylic oxidation sites excluding steroid dienone is 1. The van der Waals surface area contributed by atoms with Crippen LogP contribution in [0.1, 0.15) is 44.6 Å². The van der Waals surface area contributed by atoms with Crippen LogP contribution in [0.2, 0.25) is 5.02 Å². The monoisotopic (exact) mass is 472 g/mol. The van der Waals surface area contributed by atoms with E-state index >= 15 is 0 Å². The molecule has 176 valence electrons. The number of carbonyl (C=O) groups excluding carboxylic acids is 2. The van der Waals surface area contributed by atoms with E-state index in [2.05, 4.69) is 11.4 Å². The molecule has 2 aromatic rings. The number of carbonyl (C=O) groups is 2. The van der Waals surface area contributed by atoms with E-state index in [-0.39, 0.29) is 30.8 Å². The van der Waals surface area contributed by atoms with Gasteiger partial charge in [-0.1, -0.05) is 47.5 Å². The lowest BCUT2D eigenvalue weighted by Gasteiger charge is -2.29. The maximum atomic E-state index is 13.3. The predicted molar refractivity (Wildman–Crippen MR) is 128 cm³/mol. The van der Waals surface area contributed by atoms with Crippen LogP contribution in [-0.4, -0.2) is 35.9 Å². The maximum absolute atomic E-state index is 13.3. The summed E-state index contributed by atoms with van der Waals surface area (Å²) in [6, 6.07) is 12.0. The molecule has 1 aliphatic rings. The van der Waals surface area contributed by atoms with E-state index in [9.17, 15) is 14.0 Å². The molecule has 0 spiro atoms. The largest absolute Gasteiger partial charge is 0.482 e. The van der Waals surface area contributed by atoms with Gasteiger partial charge < -0.3 is 15.0 Å². The third-order valence-corrected chi connectivity index (χ3v) is 6.06. The fraction of sp³-hybridized carbons (Fsp3) is 0.385. The molecular weight excluding hydrogens is 443 g/mol. The predicted octanol–water partition coefficient (Wildman–Crippen LogP) is 5.28. The van der Waals surface area contributed by atoms with Crippen LogP contribution < -0.4 is 10.1 Å². The molecule has 0 unspecified atom stereocenters. The van der Waals surface area contributed by atoms with Crippen molar-refractivity contribution >= 4 is 23.4 Å². The number of hydrogen-bond acceptors (Lipinski definition) is 3. The Morgan fingerprint density at radius 2 is 1.91 bits per heavy atom. The van der Waals surface area contributed by atoms with Gasteiger partial charge in [-0.2, -0.15) is 0 Å². The molecule has 5 nitrogen and oxygen atoms in total. The molecule has 0 fully saturated rings. The second kappa shape index (κ2) is 12.4. The Kier molecular flexibility index (Phi) is 9.31. The summed E-state index contributed by atoms with van der Waals surface area (Å²) in [6.45, 7) is 2.11. The summed E-state index contributed by atoms with van der Waals surface area (Å²) in [7, 11) is 0. The molecule has 0 aliphatic heterocycles. The zero-order valence-electron chi connectivity index (χ0n) is 18.9. The number of nitrogens with one attached hydrogen (secondary N) is 1. The van der Waals surface area contributed by atoms with Crippen molar-refractivity contribution in [1.29, 1.82) is 0 Å². The smallest absolute Gasteiger partial charge is 0.261 e. The van der Waals surface area contributed by atoms with Crippen molar-refractivity contribution < 1.29 is 18.7 Å². The highest BCUT2D eigenvalue weighted by Gasteiger charge is 2.26. The quantitative estimate of drug-likeness (QED) is 0.478. The van der Waals surface area contributed by atoms with Crippen molar-refractivity contribution in [3.05, 3.63) is 76.6 Å². The summed E-state index contributed by atoms with van der Waals surface area (Å²) in [5.74, 6) is -0.565. The molecule has 0 radical (unpaired) electrons.